The van der Waals surface area contributed by atoms with Crippen LogP contribution in [0.5, 0.6) is 0 Å². The van der Waals surface area contributed by atoms with Gasteiger partial charge in [-0.25, -0.2) is 14.8 Å². The van der Waals surface area contributed by atoms with E-state index >= 15 is 0 Å². The SMILES string of the molecule is COC(=O)CCCNC(=O)NCC1=N[C@@H]2[C@H](C=NN2c2ccccc2)C(=O)N1. The van der Waals surface area contributed by atoms with E-state index in [0.29, 0.717) is 18.8 Å². The summed E-state index contributed by atoms with van der Waals surface area (Å²) in [5.41, 5.74) is 0.834. The number of carbonyl (C=O) groups is 3. The number of ether oxygens (including phenoxy) is 1. The Morgan fingerprint density at radius 3 is 2.79 bits per heavy atom. The molecule has 148 valence electrons. The summed E-state index contributed by atoms with van der Waals surface area (Å²) in [5.74, 6) is -0.645. The molecule has 10 heteroatoms. The molecule has 0 spiro atoms. The molecule has 28 heavy (non-hydrogen) atoms. The molecule has 0 radical (unpaired) electrons. The number of hydrogen-bond donors (Lipinski definition) is 3. The van der Waals surface area contributed by atoms with Crippen LogP contribution >= 0.6 is 0 Å². The van der Waals surface area contributed by atoms with Crippen molar-refractivity contribution in [2.75, 3.05) is 25.2 Å². The molecule has 2 aliphatic heterocycles. The number of nitrogens with one attached hydrogen (secondary N) is 3. The van der Waals surface area contributed by atoms with Gasteiger partial charge in [-0.1, -0.05) is 18.2 Å². The van der Waals surface area contributed by atoms with Gasteiger partial charge < -0.3 is 20.7 Å². The van der Waals surface area contributed by atoms with Crippen molar-refractivity contribution in [2.45, 2.75) is 19.0 Å². The fourth-order valence-electron chi connectivity index (χ4n) is 2.85. The molecule has 3 amide bonds. The van der Waals surface area contributed by atoms with E-state index in [1.54, 1.807) is 11.2 Å². The van der Waals surface area contributed by atoms with Gasteiger partial charge in [0.05, 0.1) is 19.3 Å². The number of fused-ring (bicyclic) bond motifs is 1. The van der Waals surface area contributed by atoms with Crippen LogP contribution in [0.3, 0.4) is 0 Å². The van der Waals surface area contributed by atoms with Gasteiger partial charge in [-0.05, 0) is 18.6 Å². The van der Waals surface area contributed by atoms with Crippen molar-refractivity contribution < 1.29 is 19.1 Å². The van der Waals surface area contributed by atoms with Crippen LogP contribution in [0, 0.1) is 5.92 Å². The first-order valence-corrected chi connectivity index (χ1v) is 8.93. The van der Waals surface area contributed by atoms with Gasteiger partial charge >= 0.3 is 12.0 Å². The largest absolute Gasteiger partial charge is 0.469 e. The second kappa shape index (κ2) is 8.98. The molecule has 2 atom stereocenters. The monoisotopic (exact) mass is 386 g/mol. The van der Waals surface area contributed by atoms with Crippen LogP contribution in [0.2, 0.25) is 0 Å². The van der Waals surface area contributed by atoms with Crippen molar-refractivity contribution in [1.29, 1.82) is 0 Å². The first-order chi connectivity index (χ1) is 13.6. The average molecular weight is 386 g/mol. The smallest absolute Gasteiger partial charge is 0.315 e. The van der Waals surface area contributed by atoms with Crippen LogP contribution in [0.15, 0.2) is 40.4 Å². The van der Waals surface area contributed by atoms with Gasteiger partial charge in [0.2, 0.25) is 5.91 Å². The van der Waals surface area contributed by atoms with Gasteiger partial charge in [-0.15, -0.1) is 0 Å². The number of para-hydroxylation sites is 1. The molecular weight excluding hydrogens is 364 g/mol. The van der Waals surface area contributed by atoms with Gasteiger partial charge in [-0.3, -0.25) is 9.59 Å². The molecule has 3 rings (SSSR count). The maximum Gasteiger partial charge on any atom is 0.315 e. The Hall–Kier alpha value is -3.43. The molecule has 0 fully saturated rings. The van der Waals surface area contributed by atoms with Crippen LogP contribution in [-0.2, 0) is 14.3 Å². The molecule has 1 aromatic rings. The third-order valence-electron chi connectivity index (χ3n) is 4.29. The lowest BCUT2D eigenvalue weighted by molar-refractivity contribution is -0.140. The van der Waals surface area contributed by atoms with Gasteiger partial charge in [0, 0.05) is 19.2 Å². The number of esters is 1. The van der Waals surface area contributed by atoms with Crippen molar-refractivity contribution >= 4 is 35.6 Å². The number of amides is 3. The molecule has 0 aliphatic carbocycles. The summed E-state index contributed by atoms with van der Waals surface area (Å²) < 4.78 is 4.53. The number of hydrogen-bond acceptors (Lipinski definition) is 7. The Bertz CT molecular complexity index is 795. The Balaban J connectivity index is 1.52. The predicted octanol–water partition coefficient (Wildman–Crippen LogP) is 0.215. The molecule has 0 bridgehead atoms. The molecule has 10 nitrogen and oxygen atoms in total. The van der Waals surface area contributed by atoms with Crippen molar-refractivity contribution in [2.24, 2.45) is 16.0 Å². The normalized spacial score (nSPS) is 20.1. The summed E-state index contributed by atoms with van der Waals surface area (Å²) in [6, 6.07) is 9.04. The minimum atomic E-state index is -0.476. The Kier molecular flexibility index (Phi) is 6.20. The number of urea groups is 1. The van der Waals surface area contributed by atoms with Gasteiger partial charge in [0.25, 0.3) is 0 Å². The predicted molar refractivity (Wildman–Crippen MR) is 103 cm³/mol. The minimum Gasteiger partial charge on any atom is -0.469 e. The number of hydrazone groups is 1. The van der Waals surface area contributed by atoms with E-state index in [1.807, 2.05) is 30.3 Å². The van der Waals surface area contributed by atoms with Crippen LogP contribution in [0.25, 0.3) is 0 Å². The summed E-state index contributed by atoms with van der Waals surface area (Å²) in [4.78, 5) is 39.7. The zero-order chi connectivity index (χ0) is 19.9. The van der Waals surface area contributed by atoms with Crippen LogP contribution in [0.4, 0.5) is 10.5 Å². The highest BCUT2D eigenvalue weighted by atomic mass is 16.5. The van der Waals surface area contributed by atoms with E-state index in [9.17, 15) is 14.4 Å². The van der Waals surface area contributed by atoms with Crippen molar-refractivity contribution in [3.63, 3.8) is 0 Å². The van der Waals surface area contributed by atoms with E-state index in [2.05, 4.69) is 30.8 Å². The van der Waals surface area contributed by atoms with Crippen LogP contribution < -0.4 is 21.0 Å². The fraction of sp³-hybridized carbons (Fsp3) is 0.389. The number of rotatable bonds is 7. The van der Waals surface area contributed by atoms with E-state index in [-0.39, 0.29) is 24.8 Å². The lowest BCUT2D eigenvalue weighted by atomic mass is 10.1. The zero-order valence-corrected chi connectivity index (χ0v) is 15.4. The van der Waals surface area contributed by atoms with E-state index < -0.39 is 18.1 Å². The number of methoxy groups -OCH3 is 1. The maximum absolute atomic E-state index is 12.3. The lowest BCUT2D eigenvalue weighted by Gasteiger charge is -2.28. The number of anilines is 1. The van der Waals surface area contributed by atoms with Gasteiger partial charge in [0.15, 0.2) is 6.17 Å². The first kappa shape index (κ1) is 19.3. The maximum atomic E-state index is 12.3. The standard InChI is InChI=1S/C18H22N6O4/c1-28-15(25)8-5-9-19-18(27)20-11-14-22-16-13(17(26)23-14)10-21-24(16)12-6-3-2-4-7-12/h2-4,6-7,10,13,16H,5,8-9,11H2,1H3,(H2,19,20,27)(H,22,23,26)/t13-,16-/m0/s1. The number of aliphatic imine (C=N–C) groups is 1. The zero-order valence-electron chi connectivity index (χ0n) is 15.4. The van der Waals surface area contributed by atoms with Crippen molar-refractivity contribution in [1.82, 2.24) is 16.0 Å². The van der Waals surface area contributed by atoms with Crippen LogP contribution in [-0.4, -0.2) is 56.3 Å². The van der Waals surface area contributed by atoms with Crippen molar-refractivity contribution in [3.8, 4) is 0 Å². The van der Waals surface area contributed by atoms with Crippen LogP contribution in [0.1, 0.15) is 12.8 Å². The molecule has 2 aliphatic rings. The summed E-state index contributed by atoms with van der Waals surface area (Å²) in [5, 5.41) is 14.0. The Morgan fingerprint density at radius 2 is 2.04 bits per heavy atom. The number of benzene rings is 1. The van der Waals surface area contributed by atoms with E-state index in [4.69, 9.17) is 0 Å². The molecule has 1 aromatic carbocycles. The summed E-state index contributed by atoms with van der Waals surface area (Å²) in [6.07, 6.45) is 1.81. The molecule has 2 heterocycles. The topological polar surface area (TPSA) is 124 Å². The summed E-state index contributed by atoms with van der Waals surface area (Å²) in [7, 11) is 1.32. The molecular formula is C18H22N6O4. The highest BCUT2D eigenvalue weighted by molar-refractivity contribution is 6.09. The van der Waals surface area contributed by atoms with Crippen molar-refractivity contribution in [3.05, 3.63) is 30.3 Å². The van der Waals surface area contributed by atoms with E-state index in [1.165, 1.54) is 7.11 Å². The second-order valence-corrected chi connectivity index (χ2v) is 6.24. The van der Waals surface area contributed by atoms with Gasteiger partial charge in [-0.2, -0.15) is 5.10 Å². The Labute approximate surface area is 162 Å². The second-order valence-electron chi connectivity index (χ2n) is 6.24. The highest BCUT2D eigenvalue weighted by Crippen LogP contribution is 2.27. The summed E-state index contributed by atoms with van der Waals surface area (Å²) in [6.45, 7) is 0.403. The number of amidine groups is 1. The molecule has 0 unspecified atom stereocenters. The summed E-state index contributed by atoms with van der Waals surface area (Å²) >= 11 is 0. The quantitative estimate of drug-likeness (QED) is 0.457. The Morgan fingerprint density at radius 1 is 1.25 bits per heavy atom. The van der Waals surface area contributed by atoms with E-state index in [0.717, 1.165) is 5.69 Å². The first-order valence-electron chi connectivity index (χ1n) is 8.93. The number of carbonyl (C=O) groups excluding carboxylic acids is 3. The average Bonchev–Trinajstić information content (AvgIpc) is 3.14. The third kappa shape index (κ3) is 4.64. The van der Waals surface area contributed by atoms with Gasteiger partial charge in [0.1, 0.15) is 11.8 Å². The molecule has 0 aromatic heterocycles. The molecule has 0 saturated carbocycles. The lowest BCUT2D eigenvalue weighted by Crippen LogP contribution is -2.52. The third-order valence-corrected chi connectivity index (χ3v) is 4.29. The number of nitrogens with zero attached hydrogens (tertiary/aromatic N) is 3. The highest BCUT2D eigenvalue weighted by Gasteiger charge is 2.40. The minimum absolute atomic E-state index is 0.0699. The fourth-order valence-corrected chi connectivity index (χ4v) is 2.85. The molecule has 3 N–H and O–H groups in total. The molecule has 0 saturated heterocycles.